The topological polar surface area (TPSA) is 56.1 Å². The van der Waals surface area contributed by atoms with Gasteiger partial charge in [-0.15, -0.1) is 10.2 Å². The van der Waals surface area contributed by atoms with Crippen molar-refractivity contribution in [1.29, 1.82) is 0 Å². The van der Waals surface area contributed by atoms with Gasteiger partial charge < -0.3 is 9.64 Å². The molecule has 0 aliphatic heterocycles. The highest BCUT2D eigenvalue weighted by atomic mass is 16.5. The van der Waals surface area contributed by atoms with Gasteiger partial charge in [-0.1, -0.05) is 13.8 Å². The zero-order valence-electron chi connectivity index (χ0n) is 14.6. The summed E-state index contributed by atoms with van der Waals surface area (Å²) < 4.78 is 7.35. The first-order valence-electron chi connectivity index (χ1n) is 8.17. The lowest BCUT2D eigenvalue weighted by Gasteiger charge is -2.20. The highest BCUT2D eigenvalue weighted by Crippen LogP contribution is 2.22. The quantitative estimate of drug-likeness (QED) is 0.666. The molecule has 2 rings (SSSR count). The van der Waals surface area contributed by atoms with Gasteiger partial charge in [0.05, 0.1) is 0 Å². The van der Waals surface area contributed by atoms with Crippen molar-refractivity contribution in [3.63, 3.8) is 0 Å². The van der Waals surface area contributed by atoms with E-state index in [9.17, 15) is 0 Å². The van der Waals surface area contributed by atoms with Gasteiger partial charge in [0.25, 0.3) is 0 Å². The molecular weight excluding hydrogens is 290 g/mol. The minimum Gasteiger partial charge on any atom is -0.385 e. The Hall–Kier alpha value is -1.95. The van der Waals surface area contributed by atoms with Crippen molar-refractivity contribution < 1.29 is 4.74 Å². The molecule has 0 saturated carbocycles. The van der Waals surface area contributed by atoms with Crippen LogP contribution >= 0.6 is 0 Å². The smallest absolute Gasteiger partial charge is 0.227 e. The number of aromatic nitrogens is 4. The summed E-state index contributed by atoms with van der Waals surface area (Å²) in [6.07, 6.45) is 5.65. The summed E-state index contributed by atoms with van der Waals surface area (Å²) in [5, 5.41) is 8.82. The van der Waals surface area contributed by atoms with E-state index in [1.165, 1.54) is 0 Å². The molecule has 0 aliphatic rings. The molecule has 0 amide bonds. The van der Waals surface area contributed by atoms with Crippen LogP contribution in [0, 0.1) is 5.92 Å². The first-order valence-corrected chi connectivity index (χ1v) is 8.17. The van der Waals surface area contributed by atoms with Crippen molar-refractivity contribution in [2.45, 2.75) is 33.2 Å². The van der Waals surface area contributed by atoms with Crippen molar-refractivity contribution in [2.75, 3.05) is 32.2 Å². The average molecular weight is 317 g/mol. The zero-order chi connectivity index (χ0) is 16.7. The lowest BCUT2D eigenvalue weighted by Crippen LogP contribution is -2.24. The Balaban J connectivity index is 2.25. The molecule has 6 nitrogen and oxygen atoms in total. The second kappa shape index (κ2) is 8.62. The first kappa shape index (κ1) is 17.4. The Morgan fingerprint density at radius 2 is 2.13 bits per heavy atom. The molecule has 0 fully saturated rings. The van der Waals surface area contributed by atoms with Crippen molar-refractivity contribution in [3.8, 4) is 11.4 Å². The monoisotopic (exact) mass is 317 g/mol. The fourth-order valence-electron chi connectivity index (χ4n) is 2.41. The predicted molar refractivity (Wildman–Crippen MR) is 92.5 cm³/mol. The molecule has 2 aromatic rings. The molecule has 6 heteroatoms. The fourth-order valence-corrected chi connectivity index (χ4v) is 2.41. The number of pyridine rings is 1. The summed E-state index contributed by atoms with van der Waals surface area (Å²) in [6.45, 7) is 6.98. The maximum Gasteiger partial charge on any atom is 0.227 e. The van der Waals surface area contributed by atoms with Gasteiger partial charge in [0.2, 0.25) is 5.95 Å². The average Bonchev–Trinajstić information content (AvgIpc) is 2.97. The van der Waals surface area contributed by atoms with Crippen molar-refractivity contribution in [2.24, 2.45) is 5.92 Å². The van der Waals surface area contributed by atoms with Crippen LogP contribution in [0.2, 0.25) is 0 Å². The van der Waals surface area contributed by atoms with Crippen molar-refractivity contribution in [3.05, 3.63) is 24.5 Å². The molecule has 0 aromatic carbocycles. The van der Waals surface area contributed by atoms with E-state index in [1.54, 1.807) is 13.3 Å². The summed E-state index contributed by atoms with van der Waals surface area (Å²) >= 11 is 0. The summed E-state index contributed by atoms with van der Waals surface area (Å²) in [7, 11) is 3.80. The summed E-state index contributed by atoms with van der Waals surface area (Å²) in [5.41, 5.74) is 0.987. The van der Waals surface area contributed by atoms with E-state index in [0.717, 1.165) is 49.9 Å². The van der Waals surface area contributed by atoms with Gasteiger partial charge in [-0.25, -0.2) is 0 Å². The standard InChI is InChI=1S/C17H27N5O/c1-14(2)8-11-21(3)17-20-19-16(15-7-5-9-18-13-15)22(17)10-6-12-23-4/h5,7,9,13-14H,6,8,10-12H2,1-4H3. The van der Waals surface area contributed by atoms with Crippen molar-refractivity contribution >= 4 is 5.95 Å². The van der Waals surface area contributed by atoms with Crippen LogP contribution in [-0.4, -0.2) is 47.1 Å². The SMILES string of the molecule is COCCCn1c(-c2cccnc2)nnc1N(C)CCC(C)C. The minimum absolute atomic E-state index is 0.667. The highest BCUT2D eigenvalue weighted by Gasteiger charge is 2.17. The van der Waals surface area contributed by atoms with E-state index in [1.807, 2.05) is 18.3 Å². The van der Waals surface area contributed by atoms with E-state index in [4.69, 9.17) is 4.74 Å². The molecule has 0 spiro atoms. The molecule has 0 unspecified atom stereocenters. The maximum atomic E-state index is 5.18. The van der Waals surface area contributed by atoms with Crippen LogP contribution in [0.25, 0.3) is 11.4 Å². The van der Waals surface area contributed by atoms with Crippen LogP contribution in [0.4, 0.5) is 5.95 Å². The number of rotatable bonds is 9. The molecule has 126 valence electrons. The Labute approximate surface area is 138 Å². The van der Waals surface area contributed by atoms with E-state index in [2.05, 4.69) is 45.5 Å². The Bertz CT molecular complexity index is 582. The number of nitrogens with zero attached hydrogens (tertiary/aromatic N) is 5. The molecule has 0 saturated heterocycles. The zero-order valence-corrected chi connectivity index (χ0v) is 14.6. The summed E-state index contributed by atoms with van der Waals surface area (Å²) in [4.78, 5) is 6.37. The van der Waals surface area contributed by atoms with Gasteiger partial charge in [-0.05, 0) is 30.9 Å². The van der Waals surface area contributed by atoms with E-state index in [0.29, 0.717) is 5.92 Å². The fraction of sp³-hybridized carbons (Fsp3) is 0.588. The molecule has 2 heterocycles. The number of methoxy groups -OCH3 is 1. The molecule has 0 atom stereocenters. The second-order valence-corrected chi connectivity index (χ2v) is 6.17. The number of ether oxygens (including phenoxy) is 1. The second-order valence-electron chi connectivity index (χ2n) is 6.17. The van der Waals surface area contributed by atoms with Gasteiger partial charge in [-0.3, -0.25) is 9.55 Å². The molecule has 2 aromatic heterocycles. The van der Waals surface area contributed by atoms with Crippen molar-refractivity contribution in [1.82, 2.24) is 19.7 Å². The maximum absolute atomic E-state index is 5.18. The van der Waals surface area contributed by atoms with Gasteiger partial charge in [0, 0.05) is 51.8 Å². The third kappa shape index (κ3) is 4.76. The first-order chi connectivity index (χ1) is 11.1. The Kier molecular flexibility index (Phi) is 6.52. The number of anilines is 1. The normalized spacial score (nSPS) is 11.2. The predicted octanol–water partition coefficient (Wildman–Crippen LogP) is 2.86. The van der Waals surface area contributed by atoms with Crippen LogP contribution < -0.4 is 4.90 Å². The third-order valence-corrected chi connectivity index (χ3v) is 3.76. The molecular formula is C17H27N5O. The van der Waals surface area contributed by atoms with Crippen LogP contribution in [0.3, 0.4) is 0 Å². The number of hydrogen-bond acceptors (Lipinski definition) is 5. The van der Waals surface area contributed by atoms with Crippen LogP contribution in [-0.2, 0) is 11.3 Å². The van der Waals surface area contributed by atoms with Gasteiger partial charge in [-0.2, -0.15) is 0 Å². The lowest BCUT2D eigenvalue weighted by molar-refractivity contribution is 0.190. The molecule has 0 bridgehead atoms. The summed E-state index contributed by atoms with van der Waals surface area (Å²) in [5.74, 6) is 2.43. The lowest BCUT2D eigenvalue weighted by atomic mass is 10.1. The van der Waals surface area contributed by atoms with E-state index in [-0.39, 0.29) is 0 Å². The van der Waals surface area contributed by atoms with Crippen LogP contribution in [0.5, 0.6) is 0 Å². The van der Waals surface area contributed by atoms with Gasteiger partial charge in [0.1, 0.15) is 0 Å². The van der Waals surface area contributed by atoms with E-state index < -0.39 is 0 Å². The van der Waals surface area contributed by atoms with Crippen LogP contribution in [0.1, 0.15) is 26.7 Å². The minimum atomic E-state index is 0.667. The highest BCUT2D eigenvalue weighted by molar-refractivity contribution is 5.56. The van der Waals surface area contributed by atoms with Gasteiger partial charge in [0.15, 0.2) is 5.82 Å². The Morgan fingerprint density at radius 3 is 2.78 bits per heavy atom. The van der Waals surface area contributed by atoms with Gasteiger partial charge >= 0.3 is 0 Å². The molecule has 23 heavy (non-hydrogen) atoms. The Morgan fingerprint density at radius 1 is 1.30 bits per heavy atom. The molecule has 0 N–H and O–H groups in total. The van der Waals surface area contributed by atoms with E-state index >= 15 is 0 Å². The third-order valence-electron chi connectivity index (χ3n) is 3.76. The van der Waals surface area contributed by atoms with Crippen LogP contribution in [0.15, 0.2) is 24.5 Å². The largest absolute Gasteiger partial charge is 0.385 e. The molecule has 0 aliphatic carbocycles. The number of hydrogen-bond donors (Lipinski definition) is 0. The molecule has 0 radical (unpaired) electrons. The summed E-state index contributed by atoms with van der Waals surface area (Å²) in [6, 6.07) is 3.94.